The van der Waals surface area contributed by atoms with E-state index in [4.69, 9.17) is 9.47 Å². The standard InChI is InChI=1S/C23H26N2O3/c26-23(22-20-10-12-27-14-18(20)15-28-22)24-19-7-5-16(6-8-19)13-25-11-9-17-3-1-2-4-21(17)25/h1-8,18,20,22H,9-15H2,(H,24,26)/t18-,20-,22+/m0/s1. The number of fused-ring (bicyclic) bond motifs is 2. The molecule has 3 aliphatic heterocycles. The fraction of sp³-hybridized carbons (Fsp3) is 0.435. The molecule has 0 aromatic heterocycles. The smallest absolute Gasteiger partial charge is 0.253 e. The van der Waals surface area contributed by atoms with E-state index in [1.807, 2.05) is 12.1 Å². The minimum atomic E-state index is -0.352. The van der Waals surface area contributed by atoms with E-state index in [0.717, 1.165) is 38.2 Å². The first-order chi connectivity index (χ1) is 13.8. The zero-order valence-corrected chi connectivity index (χ0v) is 16.0. The number of rotatable bonds is 4. The van der Waals surface area contributed by atoms with Crippen LogP contribution in [0.4, 0.5) is 11.4 Å². The second kappa shape index (κ2) is 7.57. The molecule has 0 bridgehead atoms. The lowest BCUT2D eigenvalue weighted by Crippen LogP contribution is -2.37. The first-order valence-corrected chi connectivity index (χ1v) is 10.2. The van der Waals surface area contributed by atoms with Crippen molar-refractivity contribution in [2.45, 2.75) is 25.5 Å². The molecule has 5 nitrogen and oxygen atoms in total. The zero-order chi connectivity index (χ0) is 18.9. The Bertz CT molecular complexity index is 851. The molecule has 0 unspecified atom stereocenters. The second-order valence-corrected chi connectivity index (χ2v) is 8.03. The predicted octanol–water partition coefficient (Wildman–Crippen LogP) is 3.24. The van der Waals surface area contributed by atoms with Crippen LogP contribution in [0.1, 0.15) is 17.5 Å². The number of nitrogens with one attached hydrogen (secondary N) is 1. The van der Waals surface area contributed by atoms with Gasteiger partial charge in [0.05, 0.1) is 13.2 Å². The Balaban J connectivity index is 1.21. The van der Waals surface area contributed by atoms with E-state index in [9.17, 15) is 4.79 Å². The van der Waals surface area contributed by atoms with Gasteiger partial charge in [-0.1, -0.05) is 30.3 Å². The quantitative estimate of drug-likeness (QED) is 0.887. The number of para-hydroxylation sites is 1. The van der Waals surface area contributed by atoms with Crippen molar-refractivity contribution in [3.8, 4) is 0 Å². The molecule has 0 radical (unpaired) electrons. The van der Waals surface area contributed by atoms with Crippen molar-refractivity contribution in [3.05, 3.63) is 59.7 Å². The van der Waals surface area contributed by atoms with Crippen LogP contribution >= 0.6 is 0 Å². The van der Waals surface area contributed by atoms with Gasteiger partial charge in [-0.2, -0.15) is 0 Å². The summed E-state index contributed by atoms with van der Waals surface area (Å²) < 4.78 is 11.3. The van der Waals surface area contributed by atoms with Gasteiger partial charge in [0.15, 0.2) is 0 Å². The number of anilines is 2. The summed E-state index contributed by atoms with van der Waals surface area (Å²) in [4.78, 5) is 15.1. The van der Waals surface area contributed by atoms with Crippen molar-refractivity contribution in [3.63, 3.8) is 0 Å². The highest BCUT2D eigenvalue weighted by atomic mass is 16.5. The molecule has 1 N–H and O–H groups in total. The zero-order valence-electron chi connectivity index (χ0n) is 16.0. The lowest BCUT2D eigenvalue weighted by Gasteiger charge is -2.26. The van der Waals surface area contributed by atoms with Crippen LogP contribution in [0.2, 0.25) is 0 Å². The molecule has 2 fully saturated rings. The number of ether oxygens (including phenoxy) is 2. The lowest BCUT2D eigenvalue weighted by atomic mass is 9.86. The van der Waals surface area contributed by atoms with E-state index in [1.54, 1.807) is 0 Å². The van der Waals surface area contributed by atoms with Gasteiger partial charge in [-0.05, 0) is 42.2 Å². The Kier molecular flexibility index (Phi) is 4.79. The summed E-state index contributed by atoms with van der Waals surface area (Å²) in [5.41, 5.74) is 4.84. The molecule has 0 saturated carbocycles. The van der Waals surface area contributed by atoms with Gasteiger partial charge in [-0.25, -0.2) is 0 Å². The normalized spacial score (nSPS) is 26.0. The number of hydrogen-bond donors (Lipinski definition) is 1. The Hall–Kier alpha value is -2.37. The minimum absolute atomic E-state index is 0.0318. The predicted molar refractivity (Wildman–Crippen MR) is 108 cm³/mol. The third-order valence-corrected chi connectivity index (χ3v) is 6.25. The third kappa shape index (κ3) is 3.40. The highest BCUT2D eigenvalue weighted by Gasteiger charge is 2.42. The molecule has 5 rings (SSSR count). The largest absolute Gasteiger partial charge is 0.381 e. The molecule has 3 heterocycles. The van der Waals surface area contributed by atoms with Gasteiger partial charge in [0.25, 0.3) is 5.91 Å². The van der Waals surface area contributed by atoms with E-state index < -0.39 is 0 Å². The number of nitrogens with zero attached hydrogens (tertiary/aromatic N) is 1. The van der Waals surface area contributed by atoms with Gasteiger partial charge in [0.1, 0.15) is 6.10 Å². The van der Waals surface area contributed by atoms with Gasteiger partial charge in [-0.15, -0.1) is 0 Å². The molecular weight excluding hydrogens is 352 g/mol. The molecule has 2 aromatic carbocycles. The van der Waals surface area contributed by atoms with Gasteiger partial charge < -0.3 is 19.7 Å². The first kappa shape index (κ1) is 17.7. The van der Waals surface area contributed by atoms with E-state index in [1.165, 1.54) is 16.8 Å². The van der Waals surface area contributed by atoms with Gasteiger partial charge in [0.2, 0.25) is 0 Å². The Morgan fingerprint density at radius 3 is 2.86 bits per heavy atom. The Morgan fingerprint density at radius 2 is 1.96 bits per heavy atom. The Morgan fingerprint density at radius 1 is 1.11 bits per heavy atom. The van der Waals surface area contributed by atoms with Crippen LogP contribution in [0.3, 0.4) is 0 Å². The molecule has 5 heteroatoms. The van der Waals surface area contributed by atoms with Crippen molar-refractivity contribution < 1.29 is 14.3 Å². The second-order valence-electron chi connectivity index (χ2n) is 8.03. The summed E-state index contributed by atoms with van der Waals surface area (Å²) in [5, 5.41) is 3.04. The van der Waals surface area contributed by atoms with Crippen molar-refractivity contribution in [1.82, 2.24) is 0 Å². The molecule has 146 valence electrons. The fourth-order valence-corrected chi connectivity index (χ4v) is 4.70. The molecule has 1 amide bonds. The van der Waals surface area contributed by atoms with Crippen LogP contribution in [0.5, 0.6) is 0 Å². The molecule has 3 aliphatic rings. The van der Waals surface area contributed by atoms with Gasteiger partial charge in [0, 0.05) is 42.9 Å². The van der Waals surface area contributed by atoms with E-state index in [2.05, 4.69) is 46.6 Å². The maximum atomic E-state index is 12.7. The number of hydrogen-bond acceptors (Lipinski definition) is 4. The topological polar surface area (TPSA) is 50.8 Å². The summed E-state index contributed by atoms with van der Waals surface area (Å²) >= 11 is 0. The summed E-state index contributed by atoms with van der Waals surface area (Å²) in [5.74, 6) is 0.606. The number of carbonyl (C=O) groups excluding carboxylic acids is 1. The van der Waals surface area contributed by atoms with Crippen molar-refractivity contribution in [2.24, 2.45) is 11.8 Å². The molecule has 0 spiro atoms. The number of benzene rings is 2. The monoisotopic (exact) mass is 378 g/mol. The molecule has 3 atom stereocenters. The summed E-state index contributed by atoms with van der Waals surface area (Å²) in [6, 6.07) is 16.8. The van der Waals surface area contributed by atoms with E-state index in [-0.39, 0.29) is 17.9 Å². The van der Waals surface area contributed by atoms with Crippen LogP contribution in [0.15, 0.2) is 48.5 Å². The van der Waals surface area contributed by atoms with Crippen LogP contribution < -0.4 is 10.2 Å². The van der Waals surface area contributed by atoms with Crippen molar-refractivity contribution in [1.29, 1.82) is 0 Å². The van der Waals surface area contributed by atoms with Gasteiger partial charge >= 0.3 is 0 Å². The van der Waals surface area contributed by atoms with Crippen LogP contribution in [0, 0.1) is 11.8 Å². The molecule has 28 heavy (non-hydrogen) atoms. The number of carbonyl (C=O) groups is 1. The average molecular weight is 378 g/mol. The molecular formula is C23H26N2O3. The summed E-state index contributed by atoms with van der Waals surface area (Å²) in [6.07, 6.45) is 1.66. The maximum Gasteiger partial charge on any atom is 0.253 e. The molecule has 2 aromatic rings. The fourth-order valence-electron chi connectivity index (χ4n) is 4.70. The first-order valence-electron chi connectivity index (χ1n) is 10.2. The minimum Gasteiger partial charge on any atom is -0.381 e. The van der Waals surface area contributed by atoms with Crippen molar-refractivity contribution in [2.75, 3.05) is 36.6 Å². The van der Waals surface area contributed by atoms with Crippen molar-refractivity contribution >= 4 is 17.3 Å². The molecule has 2 saturated heterocycles. The number of amides is 1. The van der Waals surface area contributed by atoms with Crippen LogP contribution in [-0.4, -0.2) is 38.4 Å². The van der Waals surface area contributed by atoms with Gasteiger partial charge in [-0.3, -0.25) is 4.79 Å². The summed E-state index contributed by atoms with van der Waals surface area (Å²) in [7, 11) is 0. The lowest BCUT2D eigenvalue weighted by molar-refractivity contribution is -0.126. The van der Waals surface area contributed by atoms with E-state index in [0.29, 0.717) is 19.1 Å². The molecule has 0 aliphatic carbocycles. The van der Waals surface area contributed by atoms with Crippen LogP contribution in [-0.2, 0) is 27.2 Å². The maximum absolute atomic E-state index is 12.7. The third-order valence-electron chi connectivity index (χ3n) is 6.25. The van der Waals surface area contributed by atoms with E-state index >= 15 is 0 Å². The average Bonchev–Trinajstić information content (AvgIpc) is 3.34. The van der Waals surface area contributed by atoms with Crippen LogP contribution in [0.25, 0.3) is 0 Å². The summed E-state index contributed by atoms with van der Waals surface area (Å²) in [6.45, 7) is 4.01. The highest BCUT2D eigenvalue weighted by molar-refractivity contribution is 5.94. The Labute approximate surface area is 165 Å². The highest BCUT2D eigenvalue weighted by Crippen LogP contribution is 2.34. The SMILES string of the molecule is O=C(Nc1ccc(CN2CCc3ccccc32)cc1)[C@@H]1OC[C@@H]2COCC[C@@H]21.